The Hall–Kier alpha value is -1.26. The minimum atomic E-state index is -0.507. The molecule has 0 spiro atoms. The SMILES string of the molecule is Cc1c2c(cc3c1C[C@@H]1[C@H](C)CO[C@]1(C)O3)O[C@@]1(C)OC[C@@H](C)[C@H]1C2. The van der Waals surface area contributed by atoms with E-state index in [1.807, 2.05) is 0 Å². The first kappa shape index (κ1) is 16.0. The maximum Gasteiger partial charge on any atom is 0.211 e. The van der Waals surface area contributed by atoms with Crippen molar-refractivity contribution in [1.29, 1.82) is 0 Å². The van der Waals surface area contributed by atoms with Crippen LogP contribution in [0.3, 0.4) is 0 Å². The summed E-state index contributed by atoms with van der Waals surface area (Å²) in [5, 5.41) is 0. The molecule has 0 bridgehead atoms. The highest BCUT2D eigenvalue weighted by Crippen LogP contribution is 2.52. The topological polar surface area (TPSA) is 36.9 Å². The average Bonchev–Trinajstić information content (AvgIpc) is 3.01. The lowest BCUT2D eigenvalue weighted by molar-refractivity contribution is -0.170. The summed E-state index contributed by atoms with van der Waals surface area (Å²) < 4.78 is 24.8. The molecular formula is C21H28O4. The highest BCUT2D eigenvalue weighted by atomic mass is 16.7. The van der Waals surface area contributed by atoms with Crippen LogP contribution in [0.5, 0.6) is 11.5 Å². The van der Waals surface area contributed by atoms with E-state index in [-0.39, 0.29) is 0 Å². The molecule has 0 saturated carbocycles. The summed E-state index contributed by atoms with van der Waals surface area (Å²) in [5.41, 5.74) is 4.03. The van der Waals surface area contributed by atoms with Gasteiger partial charge in [-0.2, -0.15) is 0 Å². The third-order valence-corrected chi connectivity index (χ3v) is 7.22. The molecule has 1 aromatic rings. The van der Waals surface area contributed by atoms with Crippen LogP contribution in [0.2, 0.25) is 0 Å². The molecule has 0 aromatic heterocycles. The minimum Gasteiger partial charge on any atom is -0.462 e. The van der Waals surface area contributed by atoms with Crippen molar-refractivity contribution in [1.82, 2.24) is 0 Å². The van der Waals surface area contributed by atoms with Gasteiger partial charge in [-0.1, -0.05) is 13.8 Å². The van der Waals surface area contributed by atoms with E-state index in [0.717, 1.165) is 37.6 Å². The van der Waals surface area contributed by atoms with Gasteiger partial charge in [0, 0.05) is 31.7 Å². The summed E-state index contributed by atoms with van der Waals surface area (Å²) in [6.45, 7) is 12.5. The lowest BCUT2D eigenvalue weighted by atomic mass is 9.77. The Morgan fingerprint density at radius 2 is 1.28 bits per heavy atom. The molecule has 0 radical (unpaired) electrons. The van der Waals surface area contributed by atoms with Crippen LogP contribution in [0.25, 0.3) is 0 Å². The van der Waals surface area contributed by atoms with Gasteiger partial charge in [0.1, 0.15) is 11.5 Å². The molecule has 4 heteroatoms. The van der Waals surface area contributed by atoms with Crippen molar-refractivity contribution in [3.05, 3.63) is 22.8 Å². The van der Waals surface area contributed by atoms with Crippen molar-refractivity contribution in [2.45, 2.75) is 59.0 Å². The average molecular weight is 344 g/mol. The third kappa shape index (κ3) is 2.07. The molecule has 25 heavy (non-hydrogen) atoms. The van der Waals surface area contributed by atoms with E-state index in [9.17, 15) is 0 Å². The quantitative estimate of drug-likeness (QED) is 0.716. The van der Waals surface area contributed by atoms with E-state index >= 15 is 0 Å². The van der Waals surface area contributed by atoms with Crippen LogP contribution in [0, 0.1) is 30.6 Å². The lowest BCUT2D eigenvalue weighted by Gasteiger charge is -2.42. The summed E-state index contributed by atoms with van der Waals surface area (Å²) in [7, 11) is 0. The third-order valence-electron chi connectivity index (χ3n) is 7.22. The molecule has 0 amide bonds. The van der Waals surface area contributed by atoms with Crippen molar-refractivity contribution >= 4 is 0 Å². The van der Waals surface area contributed by atoms with Crippen molar-refractivity contribution in [2.75, 3.05) is 13.2 Å². The molecule has 0 N–H and O–H groups in total. The highest BCUT2D eigenvalue weighted by molar-refractivity contribution is 5.55. The van der Waals surface area contributed by atoms with Crippen molar-refractivity contribution in [3.63, 3.8) is 0 Å². The predicted octanol–water partition coefficient (Wildman–Crippen LogP) is 3.86. The Kier molecular flexibility index (Phi) is 3.14. The van der Waals surface area contributed by atoms with Crippen LogP contribution in [0.1, 0.15) is 44.4 Å². The number of benzene rings is 1. The summed E-state index contributed by atoms with van der Waals surface area (Å²) in [4.78, 5) is 0. The van der Waals surface area contributed by atoms with Gasteiger partial charge in [0.25, 0.3) is 0 Å². The summed E-state index contributed by atoms with van der Waals surface area (Å²) in [5.74, 6) is 2.72. The van der Waals surface area contributed by atoms with E-state index in [1.165, 1.54) is 16.7 Å². The van der Waals surface area contributed by atoms with Gasteiger partial charge in [-0.25, -0.2) is 0 Å². The van der Waals surface area contributed by atoms with E-state index in [4.69, 9.17) is 18.9 Å². The smallest absolute Gasteiger partial charge is 0.211 e. The standard InChI is InChI=1S/C21H28O4/c1-11-9-22-20(4)16(11)6-14-13(3)15-7-17-12(2)10-23-21(17,5)25-19(15)8-18(14)24-20/h8,11-12,16-17H,6-7,9-10H2,1-5H3/t11-,12-,16-,17-,20-,21-/m1/s1. The first-order chi connectivity index (χ1) is 11.8. The second-order valence-corrected chi connectivity index (χ2v) is 8.89. The van der Waals surface area contributed by atoms with Gasteiger partial charge in [0.2, 0.25) is 11.6 Å². The van der Waals surface area contributed by atoms with Gasteiger partial charge in [0.15, 0.2) is 0 Å². The van der Waals surface area contributed by atoms with Crippen LogP contribution >= 0.6 is 0 Å². The van der Waals surface area contributed by atoms with Crippen LogP contribution in [-0.4, -0.2) is 24.8 Å². The first-order valence-corrected chi connectivity index (χ1v) is 9.62. The molecule has 4 nitrogen and oxygen atoms in total. The van der Waals surface area contributed by atoms with Crippen LogP contribution < -0.4 is 9.47 Å². The molecule has 6 atom stereocenters. The Balaban J connectivity index is 1.59. The second-order valence-electron chi connectivity index (χ2n) is 8.89. The maximum atomic E-state index is 6.38. The monoisotopic (exact) mass is 344 g/mol. The largest absolute Gasteiger partial charge is 0.462 e. The van der Waals surface area contributed by atoms with Gasteiger partial charge < -0.3 is 18.9 Å². The van der Waals surface area contributed by atoms with E-state index in [0.29, 0.717) is 23.7 Å². The van der Waals surface area contributed by atoms with E-state index < -0.39 is 11.6 Å². The fourth-order valence-corrected chi connectivity index (χ4v) is 5.47. The molecule has 5 rings (SSSR count). The van der Waals surface area contributed by atoms with Crippen molar-refractivity contribution in [3.8, 4) is 11.5 Å². The van der Waals surface area contributed by atoms with Crippen molar-refractivity contribution in [2.24, 2.45) is 23.7 Å². The lowest BCUT2D eigenvalue weighted by Crippen LogP contribution is -2.46. The van der Waals surface area contributed by atoms with Gasteiger partial charge in [-0.05, 0) is 48.3 Å². The van der Waals surface area contributed by atoms with Crippen LogP contribution in [0.15, 0.2) is 6.07 Å². The van der Waals surface area contributed by atoms with Gasteiger partial charge in [0.05, 0.1) is 13.2 Å². The zero-order valence-corrected chi connectivity index (χ0v) is 15.8. The number of rotatable bonds is 0. The molecule has 0 aliphatic carbocycles. The predicted molar refractivity (Wildman–Crippen MR) is 93.9 cm³/mol. The molecular weight excluding hydrogens is 316 g/mol. The summed E-state index contributed by atoms with van der Waals surface area (Å²) >= 11 is 0. The Morgan fingerprint density at radius 1 is 0.840 bits per heavy atom. The second kappa shape index (κ2) is 4.92. The number of hydrogen-bond donors (Lipinski definition) is 0. The Bertz CT molecular complexity index is 686. The number of ether oxygens (including phenoxy) is 4. The summed E-state index contributed by atoms with van der Waals surface area (Å²) in [6.07, 6.45) is 2.06. The molecule has 4 heterocycles. The zero-order chi connectivity index (χ0) is 17.6. The van der Waals surface area contributed by atoms with Crippen LogP contribution in [-0.2, 0) is 22.3 Å². The van der Waals surface area contributed by atoms with E-state index in [2.05, 4.69) is 40.7 Å². The molecule has 4 aliphatic heterocycles. The summed E-state index contributed by atoms with van der Waals surface area (Å²) in [6, 6.07) is 2.08. The zero-order valence-electron chi connectivity index (χ0n) is 15.8. The highest BCUT2D eigenvalue weighted by Gasteiger charge is 2.53. The van der Waals surface area contributed by atoms with Crippen LogP contribution in [0.4, 0.5) is 0 Å². The fourth-order valence-electron chi connectivity index (χ4n) is 5.47. The first-order valence-electron chi connectivity index (χ1n) is 9.62. The van der Waals surface area contributed by atoms with Crippen molar-refractivity contribution < 1.29 is 18.9 Å². The molecule has 0 unspecified atom stereocenters. The molecule has 2 saturated heterocycles. The normalized spacial score (nSPS) is 44.2. The Labute approximate surface area is 149 Å². The molecule has 1 aromatic carbocycles. The Morgan fingerprint density at radius 3 is 1.72 bits per heavy atom. The van der Waals surface area contributed by atoms with Gasteiger partial charge >= 0.3 is 0 Å². The van der Waals surface area contributed by atoms with Gasteiger partial charge in [-0.15, -0.1) is 0 Å². The molecule has 4 aliphatic rings. The number of fused-ring (bicyclic) bond motifs is 4. The van der Waals surface area contributed by atoms with E-state index in [1.54, 1.807) is 0 Å². The molecule has 2 fully saturated rings. The maximum absolute atomic E-state index is 6.38. The number of hydrogen-bond acceptors (Lipinski definition) is 4. The minimum absolute atomic E-state index is 0.417. The van der Waals surface area contributed by atoms with Gasteiger partial charge in [-0.3, -0.25) is 0 Å². The fraction of sp³-hybridized carbons (Fsp3) is 0.714. The molecule has 136 valence electrons.